The van der Waals surface area contributed by atoms with Gasteiger partial charge in [-0.05, 0) is 44.4 Å². The molecule has 0 aliphatic rings. The van der Waals surface area contributed by atoms with E-state index in [1.165, 1.54) is 0 Å². The topological polar surface area (TPSA) is 50.2 Å². The number of carbonyl (C=O) groups excluding carboxylic acids is 1. The van der Waals surface area contributed by atoms with Gasteiger partial charge >= 0.3 is 0 Å². The Morgan fingerprint density at radius 3 is 2.64 bits per heavy atom. The molecule has 0 aliphatic heterocycles. The fraction of sp³-hybridized carbons (Fsp3) is 0.222. The third-order valence-electron chi connectivity index (χ3n) is 3.70. The molecule has 3 rings (SSSR count). The molecule has 0 saturated carbocycles. The fourth-order valence-corrected chi connectivity index (χ4v) is 2.92. The number of hydrogen-bond acceptors (Lipinski definition) is 3. The molecule has 0 unspecified atom stereocenters. The highest BCUT2D eigenvalue weighted by molar-refractivity contribution is 6.42. The van der Waals surface area contributed by atoms with Gasteiger partial charge in [0.25, 0.3) is 0 Å². The molecule has 0 aliphatic carbocycles. The molecule has 1 heterocycles. The predicted octanol–water partition coefficient (Wildman–Crippen LogP) is 4.04. The second-order valence-electron chi connectivity index (χ2n) is 6.02. The van der Waals surface area contributed by atoms with Crippen LogP contribution in [0.1, 0.15) is 5.82 Å². The molecule has 1 N–H and O–H groups in total. The number of para-hydroxylation sites is 2. The fourth-order valence-electron chi connectivity index (χ4n) is 2.62. The number of carbonyl (C=O) groups is 1. The predicted molar refractivity (Wildman–Crippen MR) is 102 cm³/mol. The molecular formula is C18H18Cl2N4O. The van der Waals surface area contributed by atoms with E-state index in [-0.39, 0.29) is 12.5 Å². The lowest BCUT2D eigenvalue weighted by Gasteiger charge is -2.13. The van der Waals surface area contributed by atoms with Crippen molar-refractivity contribution >= 4 is 45.8 Å². The minimum absolute atomic E-state index is 0.151. The van der Waals surface area contributed by atoms with E-state index in [1.54, 1.807) is 18.2 Å². The van der Waals surface area contributed by atoms with Gasteiger partial charge in [0.1, 0.15) is 12.4 Å². The van der Waals surface area contributed by atoms with Crippen molar-refractivity contribution in [2.24, 2.45) is 0 Å². The summed E-state index contributed by atoms with van der Waals surface area (Å²) in [5.41, 5.74) is 2.42. The van der Waals surface area contributed by atoms with Gasteiger partial charge in [-0.1, -0.05) is 35.3 Å². The summed E-state index contributed by atoms with van der Waals surface area (Å²) < 4.78 is 1.93. The van der Waals surface area contributed by atoms with E-state index in [1.807, 2.05) is 47.8 Å². The lowest BCUT2D eigenvalue weighted by molar-refractivity contribution is -0.116. The van der Waals surface area contributed by atoms with Gasteiger partial charge in [0, 0.05) is 5.69 Å². The van der Waals surface area contributed by atoms with Crippen LogP contribution in [-0.4, -0.2) is 34.5 Å². The molecule has 0 saturated heterocycles. The number of amides is 1. The summed E-state index contributed by atoms with van der Waals surface area (Å²) >= 11 is 11.9. The molecule has 0 radical (unpaired) electrons. The second-order valence-corrected chi connectivity index (χ2v) is 6.83. The van der Waals surface area contributed by atoms with Crippen LogP contribution in [0.15, 0.2) is 42.5 Å². The molecule has 2 aromatic carbocycles. The zero-order valence-electron chi connectivity index (χ0n) is 14.0. The molecule has 1 amide bonds. The first-order valence-corrected chi connectivity index (χ1v) is 8.53. The second kappa shape index (κ2) is 7.44. The third kappa shape index (κ3) is 4.12. The van der Waals surface area contributed by atoms with Crippen LogP contribution < -0.4 is 5.32 Å². The minimum atomic E-state index is -0.151. The van der Waals surface area contributed by atoms with E-state index < -0.39 is 0 Å². The van der Waals surface area contributed by atoms with Crippen LogP contribution in [0.2, 0.25) is 10.0 Å². The molecule has 5 nitrogen and oxygen atoms in total. The van der Waals surface area contributed by atoms with Crippen molar-refractivity contribution in [3.05, 3.63) is 58.3 Å². The van der Waals surface area contributed by atoms with E-state index in [2.05, 4.69) is 10.3 Å². The summed E-state index contributed by atoms with van der Waals surface area (Å²) in [6, 6.07) is 12.8. The Balaban J connectivity index is 1.85. The zero-order valence-corrected chi connectivity index (χ0v) is 15.5. The maximum Gasteiger partial charge on any atom is 0.244 e. The number of fused-ring (bicyclic) bond motifs is 1. The van der Waals surface area contributed by atoms with E-state index >= 15 is 0 Å². The minimum Gasteiger partial charge on any atom is -0.324 e. The molecule has 130 valence electrons. The van der Waals surface area contributed by atoms with Gasteiger partial charge in [0.2, 0.25) is 5.91 Å². The molecule has 25 heavy (non-hydrogen) atoms. The Bertz CT molecular complexity index is 921. The number of anilines is 1. The van der Waals surface area contributed by atoms with E-state index in [0.29, 0.717) is 22.3 Å². The third-order valence-corrected chi connectivity index (χ3v) is 4.44. The molecule has 3 aromatic rings. The number of aromatic nitrogens is 2. The average Bonchev–Trinajstić information content (AvgIpc) is 2.88. The van der Waals surface area contributed by atoms with Crippen LogP contribution in [-0.2, 0) is 17.9 Å². The lowest BCUT2D eigenvalue weighted by atomic mass is 10.3. The lowest BCUT2D eigenvalue weighted by Crippen LogP contribution is -2.22. The average molecular weight is 377 g/mol. The Labute approximate surface area is 156 Å². The Morgan fingerprint density at radius 1 is 1.16 bits per heavy atom. The maximum atomic E-state index is 12.5. The smallest absolute Gasteiger partial charge is 0.244 e. The van der Waals surface area contributed by atoms with Gasteiger partial charge in [-0.15, -0.1) is 0 Å². The first-order chi connectivity index (χ1) is 11.9. The Morgan fingerprint density at radius 2 is 1.92 bits per heavy atom. The van der Waals surface area contributed by atoms with E-state index in [0.717, 1.165) is 16.9 Å². The van der Waals surface area contributed by atoms with Gasteiger partial charge in [0.05, 0.1) is 27.6 Å². The molecule has 0 spiro atoms. The monoisotopic (exact) mass is 376 g/mol. The van der Waals surface area contributed by atoms with E-state index in [9.17, 15) is 4.79 Å². The number of hydrogen-bond donors (Lipinski definition) is 1. The quantitative estimate of drug-likeness (QED) is 0.730. The summed E-state index contributed by atoms with van der Waals surface area (Å²) in [5.74, 6) is 0.692. The van der Waals surface area contributed by atoms with Crippen molar-refractivity contribution in [2.45, 2.75) is 13.1 Å². The maximum absolute atomic E-state index is 12.5. The van der Waals surface area contributed by atoms with Crippen molar-refractivity contribution in [1.82, 2.24) is 14.5 Å². The van der Waals surface area contributed by atoms with Crippen molar-refractivity contribution in [3.8, 4) is 0 Å². The zero-order chi connectivity index (χ0) is 18.0. The molecular weight excluding hydrogens is 359 g/mol. The summed E-state index contributed by atoms with van der Waals surface area (Å²) in [6.07, 6.45) is 0. The van der Waals surface area contributed by atoms with Crippen LogP contribution in [0.5, 0.6) is 0 Å². The van der Waals surface area contributed by atoms with Gasteiger partial charge < -0.3 is 14.8 Å². The highest BCUT2D eigenvalue weighted by atomic mass is 35.5. The number of rotatable bonds is 5. The largest absolute Gasteiger partial charge is 0.324 e. The molecule has 1 aromatic heterocycles. The Hall–Kier alpha value is -2.08. The normalized spacial score (nSPS) is 11.2. The summed E-state index contributed by atoms with van der Waals surface area (Å²) in [4.78, 5) is 19.2. The van der Waals surface area contributed by atoms with Crippen LogP contribution in [0.25, 0.3) is 11.0 Å². The number of benzene rings is 2. The number of nitrogens with one attached hydrogen (secondary N) is 1. The first-order valence-electron chi connectivity index (χ1n) is 7.78. The Kier molecular flexibility index (Phi) is 5.27. The highest BCUT2D eigenvalue weighted by Crippen LogP contribution is 2.25. The van der Waals surface area contributed by atoms with Crippen molar-refractivity contribution in [2.75, 3.05) is 19.4 Å². The van der Waals surface area contributed by atoms with Gasteiger partial charge in [-0.25, -0.2) is 4.98 Å². The summed E-state index contributed by atoms with van der Waals surface area (Å²) in [6.45, 7) is 0.818. The van der Waals surface area contributed by atoms with Crippen molar-refractivity contribution in [3.63, 3.8) is 0 Å². The molecule has 7 heteroatoms. The number of imidazole rings is 1. The van der Waals surface area contributed by atoms with Crippen LogP contribution in [0.4, 0.5) is 5.69 Å². The van der Waals surface area contributed by atoms with Crippen molar-refractivity contribution < 1.29 is 4.79 Å². The first kappa shape index (κ1) is 17.7. The van der Waals surface area contributed by atoms with E-state index in [4.69, 9.17) is 23.2 Å². The van der Waals surface area contributed by atoms with Gasteiger partial charge in [-0.3, -0.25) is 4.79 Å². The van der Waals surface area contributed by atoms with Gasteiger partial charge in [0.15, 0.2) is 0 Å². The van der Waals surface area contributed by atoms with Crippen LogP contribution in [0.3, 0.4) is 0 Å². The molecule has 0 fully saturated rings. The van der Waals surface area contributed by atoms with Crippen molar-refractivity contribution in [1.29, 1.82) is 0 Å². The van der Waals surface area contributed by atoms with Crippen LogP contribution in [0, 0.1) is 0 Å². The molecule has 0 bridgehead atoms. The van der Waals surface area contributed by atoms with Crippen LogP contribution >= 0.6 is 23.2 Å². The highest BCUT2D eigenvalue weighted by Gasteiger charge is 2.14. The summed E-state index contributed by atoms with van der Waals surface area (Å²) in [7, 11) is 3.94. The number of halogens is 2. The standard InChI is InChI=1S/C18H18Cl2N4O/c1-23(2)10-17-22-15-5-3-4-6-16(15)24(17)11-18(25)21-12-7-8-13(19)14(20)9-12/h3-9H,10-11H2,1-2H3,(H,21,25). The number of nitrogens with zero attached hydrogens (tertiary/aromatic N) is 3. The molecule has 0 atom stereocenters. The SMILES string of the molecule is CN(C)Cc1nc2ccccc2n1CC(=O)Nc1ccc(Cl)c(Cl)c1. The summed E-state index contributed by atoms with van der Waals surface area (Å²) in [5, 5.41) is 3.71. The van der Waals surface area contributed by atoms with Gasteiger partial charge in [-0.2, -0.15) is 0 Å².